The molecule has 1 atom stereocenters. The molecule has 21 heavy (non-hydrogen) atoms. The summed E-state index contributed by atoms with van der Waals surface area (Å²) in [5, 5.41) is 0. The molecule has 114 valence electrons. The molecule has 2 aliphatic rings. The second kappa shape index (κ2) is 5.73. The van der Waals surface area contributed by atoms with E-state index in [4.69, 9.17) is 9.47 Å². The van der Waals surface area contributed by atoms with E-state index in [2.05, 4.69) is 4.98 Å². The van der Waals surface area contributed by atoms with E-state index in [1.807, 2.05) is 17.9 Å². The third-order valence-corrected chi connectivity index (χ3v) is 4.60. The molecular weight excluding hydrogens is 268 g/mol. The van der Waals surface area contributed by atoms with Crippen molar-refractivity contribution in [2.24, 2.45) is 5.92 Å². The van der Waals surface area contributed by atoms with Crippen LogP contribution in [-0.4, -0.2) is 54.8 Å². The number of aromatic nitrogens is 1. The van der Waals surface area contributed by atoms with E-state index in [9.17, 15) is 4.79 Å². The smallest absolute Gasteiger partial charge is 0.272 e. The van der Waals surface area contributed by atoms with Crippen LogP contribution in [0, 0.1) is 12.8 Å². The van der Waals surface area contributed by atoms with Crippen molar-refractivity contribution < 1.29 is 14.3 Å². The average Bonchev–Trinajstić information content (AvgIpc) is 2.87. The molecule has 1 aromatic rings. The van der Waals surface area contributed by atoms with E-state index in [0.717, 1.165) is 31.6 Å². The number of aryl methyl sites for hydroxylation is 1. The predicted octanol–water partition coefficient (Wildman–Crippen LogP) is 1.66. The third-order valence-electron chi connectivity index (χ3n) is 4.60. The Balaban J connectivity index is 1.61. The zero-order chi connectivity index (χ0) is 14.9. The highest BCUT2D eigenvalue weighted by atomic mass is 16.5. The minimum atomic E-state index is -0.140. The van der Waals surface area contributed by atoms with E-state index in [-0.39, 0.29) is 11.5 Å². The second-order valence-corrected chi connectivity index (χ2v) is 6.06. The zero-order valence-corrected chi connectivity index (χ0v) is 12.7. The molecule has 0 N–H and O–H groups in total. The topological polar surface area (TPSA) is 51.7 Å². The minimum Gasteiger partial charge on any atom is -0.385 e. The van der Waals surface area contributed by atoms with Gasteiger partial charge in [-0.2, -0.15) is 0 Å². The van der Waals surface area contributed by atoms with Crippen molar-refractivity contribution in [1.82, 2.24) is 9.88 Å². The van der Waals surface area contributed by atoms with Gasteiger partial charge >= 0.3 is 0 Å². The molecule has 2 saturated heterocycles. The van der Waals surface area contributed by atoms with Gasteiger partial charge in [0.25, 0.3) is 5.91 Å². The SMILES string of the molecule is COCCC1CCOC12CN(C(=O)c1ccc(C)cn1)C2. The van der Waals surface area contributed by atoms with Crippen molar-refractivity contribution >= 4 is 5.91 Å². The van der Waals surface area contributed by atoms with Crippen molar-refractivity contribution in [3.8, 4) is 0 Å². The number of nitrogens with zero attached hydrogens (tertiary/aromatic N) is 2. The van der Waals surface area contributed by atoms with E-state index >= 15 is 0 Å². The Bertz CT molecular complexity index is 509. The molecule has 0 aliphatic carbocycles. The van der Waals surface area contributed by atoms with Crippen molar-refractivity contribution in [2.75, 3.05) is 33.4 Å². The summed E-state index contributed by atoms with van der Waals surface area (Å²) in [6.07, 6.45) is 3.80. The molecule has 0 aromatic carbocycles. The molecule has 1 unspecified atom stereocenters. The van der Waals surface area contributed by atoms with Gasteiger partial charge in [0.2, 0.25) is 0 Å². The molecule has 0 bridgehead atoms. The summed E-state index contributed by atoms with van der Waals surface area (Å²) in [7, 11) is 1.72. The Kier molecular flexibility index (Phi) is 3.95. The van der Waals surface area contributed by atoms with Crippen LogP contribution < -0.4 is 0 Å². The van der Waals surface area contributed by atoms with Gasteiger partial charge in [-0.25, -0.2) is 0 Å². The first-order valence-corrected chi connectivity index (χ1v) is 7.49. The van der Waals surface area contributed by atoms with Crippen LogP contribution in [0.5, 0.6) is 0 Å². The van der Waals surface area contributed by atoms with Crippen molar-refractivity contribution in [1.29, 1.82) is 0 Å². The lowest BCUT2D eigenvalue weighted by Gasteiger charge is -2.50. The van der Waals surface area contributed by atoms with Gasteiger partial charge in [-0.15, -0.1) is 0 Å². The first kappa shape index (κ1) is 14.5. The fraction of sp³-hybridized carbons (Fsp3) is 0.625. The maximum absolute atomic E-state index is 12.4. The van der Waals surface area contributed by atoms with Crippen LogP contribution in [0.2, 0.25) is 0 Å². The lowest BCUT2D eigenvalue weighted by atomic mass is 9.79. The lowest BCUT2D eigenvalue weighted by molar-refractivity contribution is -0.120. The molecule has 1 aromatic heterocycles. The number of methoxy groups -OCH3 is 1. The Hall–Kier alpha value is -1.46. The molecule has 2 aliphatic heterocycles. The van der Waals surface area contributed by atoms with Gasteiger partial charge in [-0.1, -0.05) is 6.07 Å². The van der Waals surface area contributed by atoms with E-state index < -0.39 is 0 Å². The zero-order valence-electron chi connectivity index (χ0n) is 12.7. The number of likely N-dealkylation sites (tertiary alicyclic amines) is 1. The average molecular weight is 290 g/mol. The maximum Gasteiger partial charge on any atom is 0.272 e. The van der Waals surface area contributed by atoms with Crippen molar-refractivity contribution in [3.63, 3.8) is 0 Å². The Morgan fingerprint density at radius 1 is 1.52 bits per heavy atom. The van der Waals surface area contributed by atoms with Gasteiger partial charge < -0.3 is 14.4 Å². The first-order valence-electron chi connectivity index (χ1n) is 7.49. The number of hydrogen-bond donors (Lipinski definition) is 0. The van der Waals surface area contributed by atoms with Gasteiger partial charge in [-0.05, 0) is 37.3 Å². The summed E-state index contributed by atoms with van der Waals surface area (Å²) < 4.78 is 11.1. The molecule has 0 radical (unpaired) electrons. The monoisotopic (exact) mass is 290 g/mol. The number of pyridine rings is 1. The van der Waals surface area contributed by atoms with Crippen LogP contribution in [0.3, 0.4) is 0 Å². The third kappa shape index (κ3) is 2.68. The largest absolute Gasteiger partial charge is 0.385 e. The van der Waals surface area contributed by atoms with Gasteiger partial charge in [0.15, 0.2) is 0 Å². The first-order chi connectivity index (χ1) is 10.1. The molecule has 5 heteroatoms. The van der Waals surface area contributed by atoms with Crippen LogP contribution in [0.25, 0.3) is 0 Å². The fourth-order valence-corrected chi connectivity index (χ4v) is 3.30. The fourth-order valence-electron chi connectivity index (χ4n) is 3.30. The Morgan fingerprint density at radius 3 is 3.00 bits per heavy atom. The molecule has 1 spiro atoms. The minimum absolute atomic E-state index is 0.00150. The molecular formula is C16H22N2O3. The molecule has 3 heterocycles. The van der Waals surface area contributed by atoms with Gasteiger partial charge in [0.1, 0.15) is 11.3 Å². The van der Waals surface area contributed by atoms with Crippen LogP contribution in [0.4, 0.5) is 0 Å². The summed E-state index contributed by atoms with van der Waals surface area (Å²) in [6.45, 7) is 4.86. The number of carbonyl (C=O) groups is 1. The van der Waals surface area contributed by atoms with Crippen molar-refractivity contribution in [2.45, 2.75) is 25.4 Å². The number of ether oxygens (including phenoxy) is 2. The maximum atomic E-state index is 12.4. The predicted molar refractivity (Wildman–Crippen MR) is 78.2 cm³/mol. The quantitative estimate of drug-likeness (QED) is 0.846. The normalized spacial score (nSPS) is 23.3. The number of hydrogen-bond acceptors (Lipinski definition) is 4. The van der Waals surface area contributed by atoms with Crippen LogP contribution in [-0.2, 0) is 9.47 Å². The standard InChI is InChI=1S/C16H22N2O3/c1-12-3-4-14(17-9-12)15(19)18-10-16(11-18)13(5-7-20-2)6-8-21-16/h3-4,9,13H,5-8,10-11H2,1-2H3. The summed E-state index contributed by atoms with van der Waals surface area (Å²) in [6, 6.07) is 3.71. The molecule has 2 fully saturated rings. The summed E-state index contributed by atoms with van der Waals surface area (Å²) in [4.78, 5) is 18.4. The highest BCUT2D eigenvalue weighted by Crippen LogP contribution is 2.42. The van der Waals surface area contributed by atoms with Crippen LogP contribution >= 0.6 is 0 Å². The second-order valence-electron chi connectivity index (χ2n) is 6.06. The van der Waals surface area contributed by atoms with Gasteiger partial charge in [-0.3, -0.25) is 9.78 Å². The van der Waals surface area contributed by atoms with E-state index in [0.29, 0.717) is 24.7 Å². The highest BCUT2D eigenvalue weighted by molar-refractivity contribution is 5.93. The van der Waals surface area contributed by atoms with E-state index in [1.54, 1.807) is 19.4 Å². The van der Waals surface area contributed by atoms with Gasteiger partial charge in [0.05, 0.1) is 13.1 Å². The number of amides is 1. The van der Waals surface area contributed by atoms with Crippen LogP contribution in [0.15, 0.2) is 18.3 Å². The Morgan fingerprint density at radius 2 is 2.33 bits per heavy atom. The number of carbonyl (C=O) groups excluding carboxylic acids is 1. The molecule has 5 nitrogen and oxygen atoms in total. The van der Waals surface area contributed by atoms with E-state index in [1.165, 1.54) is 0 Å². The Labute approximate surface area is 125 Å². The summed E-state index contributed by atoms with van der Waals surface area (Å²) >= 11 is 0. The highest BCUT2D eigenvalue weighted by Gasteiger charge is 2.54. The van der Waals surface area contributed by atoms with Crippen LogP contribution in [0.1, 0.15) is 28.9 Å². The summed E-state index contributed by atoms with van der Waals surface area (Å²) in [5.74, 6) is 0.495. The van der Waals surface area contributed by atoms with Crippen molar-refractivity contribution in [3.05, 3.63) is 29.6 Å². The van der Waals surface area contributed by atoms with Gasteiger partial charge in [0, 0.05) is 26.5 Å². The molecule has 1 amide bonds. The molecule has 0 saturated carbocycles. The number of rotatable bonds is 4. The summed E-state index contributed by atoms with van der Waals surface area (Å²) in [5.41, 5.74) is 1.44. The lowest BCUT2D eigenvalue weighted by Crippen LogP contribution is -2.66. The molecule has 3 rings (SSSR count).